The number of nitrogens with zero attached hydrogens (tertiary/aromatic N) is 1. The van der Waals surface area contributed by atoms with Crippen LogP contribution in [0.1, 0.15) is 35.2 Å². The standard InChI is InChI=1S/C36H33NO5/c1-2-41-32-24-29(19-21-31(32)42-25-28-16-10-5-11-17-28)34-33(30(38)20-18-26-12-6-3-7-13-26)35(39)36(40)37(34)23-22-27-14-8-4-9-15-27/h3-21,24,34,39H,2,22-23,25H2,1H3/b20-18+. The van der Waals surface area contributed by atoms with E-state index in [0.717, 1.165) is 16.7 Å². The molecule has 4 aromatic carbocycles. The minimum Gasteiger partial charge on any atom is -0.503 e. The van der Waals surface area contributed by atoms with Gasteiger partial charge in [-0.3, -0.25) is 9.59 Å². The van der Waals surface area contributed by atoms with Gasteiger partial charge in [0, 0.05) is 6.54 Å². The number of carbonyl (C=O) groups is 2. The molecule has 0 saturated carbocycles. The minimum atomic E-state index is -0.795. The van der Waals surface area contributed by atoms with E-state index in [1.54, 1.807) is 23.1 Å². The highest BCUT2D eigenvalue weighted by Gasteiger charge is 2.43. The number of allylic oxidation sites excluding steroid dienone is 1. The summed E-state index contributed by atoms with van der Waals surface area (Å²) < 4.78 is 12.0. The van der Waals surface area contributed by atoms with Crippen molar-refractivity contribution in [3.63, 3.8) is 0 Å². The van der Waals surface area contributed by atoms with E-state index in [-0.39, 0.29) is 5.57 Å². The Bertz CT molecular complexity index is 1580. The molecule has 1 aliphatic heterocycles. The molecule has 1 unspecified atom stereocenters. The van der Waals surface area contributed by atoms with Gasteiger partial charge in [0.2, 0.25) is 0 Å². The van der Waals surface area contributed by atoms with Crippen LogP contribution in [0.4, 0.5) is 0 Å². The van der Waals surface area contributed by atoms with Gasteiger partial charge < -0.3 is 19.5 Å². The number of aliphatic hydroxyl groups excluding tert-OH is 1. The molecule has 0 aromatic heterocycles. The lowest BCUT2D eigenvalue weighted by atomic mass is 9.95. The highest BCUT2D eigenvalue weighted by molar-refractivity contribution is 6.14. The number of aliphatic hydroxyl groups is 1. The molecule has 1 atom stereocenters. The molecular weight excluding hydrogens is 526 g/mol. The first-order valence-corrected chi connectivity index (χ1v) is 14.0. The van der Waals surface area contributed by atoms with E-state index >= 15 is 0 Å². The summed E-state index contributed by atoms with van der Waals surface area (Å²) in [5.41, 5.74) is 3.59. The van der Waals surface area contributed by atoms with Gasteiger partial charge in [0.15, 0.2) is 23.0 Å². The predicted octanol–water partition coefficient (Wildman–Crippen LogP) is 6.88. The first-order valence-electron chi connectivity index (χ1n) is 14.0. The predicted molar refractivity (Wildman–Crippen MR) is 163 cm³/mol. The highest BCUT2D eigenvalue weighted by atomic mass is 16.5. The van der Waals surface area contributed by atoms with Crippen molar-refractivity contribution in [3.05, 3.63) is 149 Å². The van der Waals surface area contributed by atoms with Crippen LogP contribution in [-0.2, 0) is 22.6 Å². The van der Waals surface area contributed by atoms with Gasteiger partial charge in [0.1, 0.15) is 6.61 Å². The van der Waals surface area contributed by atoms with E-state index in [1.165, 1.54) is 6.08 Å². The summed E-state index contributed by atoms with van der Waals surface area (Å²) in [4.78, 5) is 28.6. The fourth-order valence-corrected chi connectivity index (χ4v) is 5.02. The molecule has 1 N–H and O–H groups in total. The number of hydrogen-bond donors (Lipinski definition) is 1. The Labute approximate surface area is 246 Å². The van der Waals surface area contributed by atoms with Crippen LogP contribution in [0, 0.1) is 0 Å². The van der Waals surface area contributed by atoms with Gasteiger partial charge in [-0.1, -0.05) is 103 Å². The summed E-state index contributed by atoms with van der Waals surface area (Å²) >= 11 is 0. The van der Waals surface area contributed by atoms with Crippen molar-refractivity contribution in [2.45, 2.75) is 26.0 Å². The summed E-state index contributed by atoms with van der Waals surface area (Å²) in [5.74, 6) is -0.485. The van der Waals surface area contributed by atoms with Gasteiger partial charge in [0.05, 0.1) is 18.2 Å². The average Bonchev–Trinajstić information content (AvgIpc) is 3.29. The molecule has 6 nitrogen and oxygen atoms in total. The zero-order valence-corrected chi connectivity index (χ0v) is 23.5. The van der Waals surface area contributed by atoms with Gasteiger partial charge in [0.25, 0.3) is 5.91 Å². The van der Waals surface area contributed by atoms with E-state index in [0.29, 0.717) is 43.2 Å². The Hall–Kier alpha value is -5.10. The van der Waals surface area contributed by atoms with E-state index in [9.17, 15) is 14.7 Å². The van der Waals surface area contributed by atoms with Crippen LogP contribution >= 0.6 is 0 Å². The van der Waals surface area contributed by atoms with Crippen molar-refractivity contribution in [2.75, 3.05) is 13.2 Å². The molecule has 1 amide bonds. The fraction of sp³-hybridized carbons (Fsp3) is 0.167. The molecule has 6 heteroatoms. The summed E-state index contributed by atoms with van der Waals surface area (Å²) in [6, 6.07) is 33.7. The zero-order chi connectivity index (χ0) is 29.3. The van der Waals surface area contributed by atoms with Crippen LogP contribution in [0.25, 0.3) is 6.08 Å². The third-order valence-electron chi connectivity index (χ3n) is 7.10. The molecule has 0 aliphatic carbocycles. The lowest BCUT2D eigenvalue weighted by Gasteiger charge is -2.27. The number of ether oxygens (including phenoxy) is 2. The second-order valence-corrected chi connectivity index (χ2v) is 9.92. The van der Waals surface area contributed by atoms with Crippen molar-refractivity contribution >= 4 is 17.8 Å². The molecule has 0 bridgehead atoms. The number of ketones is 1. The van der Waals surface area contributed by atoms with Crippen molar-refractivity contribution in [1.29, 1.82) is 0 Å². The maximum Gasteiger partial charge on any atom is 0.290 e. The normalized spacial score (nSPS) is 14.9. The number of benzene rings is 4. The maximum atomic E-state index is 13.6. The van der Waals surface area contributed by atoms with Crippen molar-refractivity contribution < 1.29 is 24.2 Å². The monoisotopic (exact) mass is 559 g/mol. The molecule has 1 aliphatic rings. The minimum absolute atomic E-state index is 0.0423. The number of rotatable bonds is 12. The van der Waals surface area contributed by atoms with Crippen LogP contribution in [0.5, 0.6) is 11.5 Å². The van der Waals surface area contributed by atoms with E-state index in [2.05, 4.69) is 0 Å². The van der Waals surface area contributed by atoms with E-state index < -0.39 is 23.5 Å². The van der Waals surface area contributed by atoms with Gasteiger partial charge in [-0.05, 0) is 53.8 Å². The molecule has 0 saturated heterocycles. The van der Waals surface area contributed by atoms with E-state index in [1.807, 2.05) is 104 Å². The molecule has 0 spiro atoms. The van der Waals surface area contributed by atoms with Crippen molar-refractivity contribution in [2.24, 2.45) is 0 Å². The number of hydrogen-bond acceptors (Lipinski definition) is 5. The van der Waals surface area contributed by atoms with Crippen LogP contribution in [-0.4, -0.2) is 34.8 Å². The molecule has 0 radical (unpaired) electrons. The van der Waals surface area contributed by atoms with Crippen molar-refractivity contribution in [1.82, 2.24) is 4.90 Å². The molecule has 5 rings (SSSR count). The molecule has 0 fully saturated rings. The lowest BCUT2D eigenvalue weighted by molar-refractivity contribution is -0.129. The van der Waals surface area contributed by atoms with Gasteiger partial charge in [-0.2, -0.15) is 0 Å². The quantitative estimate of drug-likeness (QED) is 0.191. The molecule has 212 valence electrons. The van der Waals surface area contributed by atoms with Gasteiger partial charge >= 0.3 is 0 Å². The van der Waals surface area contributed by atoms with Crippen LogP contribution in [0.2, 0.25) is 0 Å². The zero-order valence-electron chi connectivity index (χ0n) is 23.5. The number of carbonyl (C=O) groups excluding carboxylic acids is 2. The number of amides is 1. The lowest BCUT2D eigenvalue weighted by Crippen LogP contribution is -2.33. The SMILES string of the molecule is CCOc1cc(C2C(C(=O)/C=C/c3ccccc3)=C(O)C(=O)N2CCc2ccccc2)ccc1OCc1ccccc1. The summed E-state index contributed by atoms with van der Waals surface area (Å²) in [5, 5.41) is 11.0. The Morgan fingerprint density at radius 2 is 1.48 bits per heavy atom. The summed E-state index contributed by atoms with van der Waals surface area (Å²) in [7, 11) is 0. The maximum absolute atomic E-state index is 13.6. The van der Waals surface area contributed by atoms with Crippen molar-refractivity contribution in [3.8, 4) is 11.5 Å². The average molecular weight is 560 g/mol. The topological polar surface area (TPSA) is 76.1 Å². The second kappa shape index (κ2) is 13.5. The molecular formula is C36H33NO5. The van der Waals surface area contributed by atoms with Gasteiger partial charge in [-0.25, -0.2) is 0 Å². The summed E-state index contributed by atoms with van der Waals surface area (Å²) in [6.45, 7) is 2.96. The molecule has 1 heterocycles. The first kappa shape index (κ1) is 28.4. The smallest absolute Gasteiger partial charge is 0.290 e. The van der Waals surface area contributed by atoms with Gasteiger partial charge in [-0.15, -0.1) is 0 Å². The first-order chi connectivity index (χ1) is 20.5. The van der Waals surface area contributed by atoms with E-state index in [4.69, 9.17) is 9.47 Å². The third-order valence-corrected chi connectivity index (χ3v) is 7.10. The summed E-state index contributed by atoms with van der Waals surface area (Å²) in [6.07, 6.45) is 3.65. The Morgan fingerprint density at radius 3 is 2.14 bits per heavy atom. The Morgan fingerprint density at radius 1 is 0.833 bits per heavy atom. The van der Waals surface area contributed by atoms with Crippen LogP contribution in [0.15, 0.2) is 127 Å². The Kier molecular flexibility index (Phi) is 9.14. The molecule has 4 aromatic rings. The largest absolute Gasteiger partial charge is 0.503 e. The molecule has 42 heavy (non-hydrogen) atoms. The second-order valence-electron chi connectivity index (χ2n) is 9.92. The van der Waals surface area contributed by atoms with Crippen LogP contribution in [0.3, 0.4) is 0 Å². The third kappa shape index (κ3) is 6.61. The highest BCUT2D eigenvalue weighted by Crippen LogP contribution is 2.41. The van der Waals surface area contributed by atoms with Crippen LogP contribution < -0.4 is 9.47 Å². The fourth-order valence-electron chi connectivity index (χ4n) is 5.02. The Balaban J connectivity index is 1.48.